The summed E-state index contributed by atoms with van der Waals surface area (Å²) in [7, 11) is 1.61. The Morgan fingerprint density at radius 1 is 1.39 bits per heavy atom. The van der Waals surface area contributed by atoms with Gasteiger partial charge in [-0.15, -0.1) is 0 Å². The van der Waals surface area contributed by atoms with Crippen LogP contribution in [-0.2, 0) is 0 Å². The number of Topliss-reactive ketones (excluding diaryl/α,β-unsaturated/α-hetero) is 1. The Balaban J connectivity index is 2.31. The SMILES string of the molecule is COc1ccc(C)cc1C(=O)C1=CCC(C)CC1. The van der Waals surface area contributed by atoms with Crippen molar-refractivity contribution in [3.05, 3.63) is 41.0 Å². The number of carbonyl (C=O) groups excluding carboxylic acids is 1. The molecule has 1 aromatic rings. The van der Waals surface area contributed by atoms with Gasteiger partial charge in [0, 0.05) is 0 Å². The topological polar surface area (TPSA) is 26.3 Å². The van der Waals surface area contributed by atoms with Crippen LogP contribution in [0.3, 0.4) is 0 Å². The van der Waals surface area contributed by atoms with Crippen LogP contribution in [0.1, 0.15) is 42.1 Å². The molecule has 2 rings (SSSR count). The Hall–Kier alpha value is -1.57. The summed E-state index contributed by atoms with van der Waals surface area (Å²) in [6.45, 7) is 4.22. The highest BCUT2D eigenvalue weighted by Crippen LogP contribution is 2.29. The van der Waals surface area contributed by atoms with E-state index >= 15 is 0 Å². The molecule has 0 saturated carbocycles. The molecule has 18 heavy (non-hydrogen) atoms. The second kappa shape index (κ2) is 5.38. The van der Waals surface area contributed by atoms with Crippen molar-refractivity contribution in [3.63, 3.8) is 0 Å². The fourth-order valence-electron chi connectivity index (χ4n) is 2.34. The van der Waals surface area contributed by atoms with Gasteiger partial charge in [0.25, 0.3) is 0 Å². The second-order valence-electron chi connectivity index (χ2n) is 5.14. The highest BCUT2D eigenvalue weighted by atomic mass is 16.5. The summed E-state index contributed by atoms with van der Waals surface area (Å²) < 4.78 is 5.29. The first kappa shape index (κ1) is 12.9. The fraction of sp³-hybridized carbons (Fsp3) is 0.438. The third kappa shape index (κ3) is 2.63. The molecule has 0 heterocycles. The highest BCUT2D eigenvalue weighted by Gasteiger charge is 2.20. The van der Waals surface area contributed by atoms with Crippen LogP contribution in [-0.4, -0.2) is 12.9 Å². The standard InChI is InChI=1S/C16H20O2/c1-11-4-7-13(8-5-11)16(17)14-10-12(2)6-9-15(14)18-3/h6-7,9-11H,4-5,8H2,1-3H3. The third-order valence-corrected chi connectivity index (χ3v) is 3.56. The molecule has 1 aliphatic rings. The van der Waals surface area contributed by atoms with Crippen LogP contribution in [0.5, 0.6) is 5.75 Å². The number of methoxy groups -OCH3 is 1. The number of ketones is 1. The molecule has 0 radical (unpaired) electrons. The highest BCUT2D eigenvalue weighted by molar-refractivity contribution is 6.10. The molecule has 0 N–H and O–H groups in total. The van der Waals surface area contributed by atoms with Gasteiger partial charge in [-0.2, -0.15) is 0 Å². The Labute approximate surface area is 109 Å². The monoisotopic (exact) mass is 244 g/mol. The summed E-state index contributed by atoms with van der Waals surface area (Å²) in [5.41, 5.74) is 2.72. The summed E-state index contributed by atoms with van der Waals surface area (Å²) in [6.07, 6.45) is 5.09. The smallest absolute Gasteiger partial charge is 0.192 e. The predicted molar refractivity (Wildman–Crippen MR) is 73.2 cm³/mol. The molecule has 0 amide bonds. The molecule has 1 aliphatic carbocycles. The number of ether oxygens (including phenoxy) is 1. The number of hydrogen-bond acceptors (Lipinski definition) is 2. The van der Waals surface area contributed by atoms with Crippen LogP contribution in [0.15, 0.2) is 29.8 Å². The van der Waals surface area contributed by atoms with E-state index in [1.807, 2.05) is 25.1 Å². The molecule has 2 heteroatoms. The quantitative estimate of drug-likeness (QED) is 0.753. The molecular formula is C16H20O2. The van der Waals surface area contributed by atoms with E-state index in [1.54, 1.807) is 7.11 Å². The summed E-state index contributed by atoms with van der Waals surface area (Å²) in [5, 5.41) is 0. The van der Waals surface area contributed by atoms with Gasteiger partial charge in [0.1, 0.15) is 5.75 Å². The number of carbonyl (C=O) groups is 1. The lowest BCUT2D eigenvalue weighted by molar-refractivity contribution is 0.102. The van der Waals surface area contributed by atoms with E-state index in [0.717, 1.165) is 30.4 Å². The van der Waals surface area contributed by atoms with Crippen LogP contribution in [0.25, 0.3) is 0 Å². The number of aryl methyl sites for hydroxylation is 1. The van der Waals surface area contributed by atoms with Gasteiger partial charge >= 0.3 is 0 Å². The van der Waals surface area contributed by atoms with Gasteiger partial charge in [-0.05, 0) is 49.8 Å². The summed E-state index contributed by atoms with van der Waals surface area (Å²) in [4.78, 5) is 12.5. The lowest BCUT2D eigenvalue weighted by Gasteiger charge is -2.18. The Kier molecular flexibility index (Phi) is 3.85. The average Bonchev–Trinajstić information content (AvgIpc) is 2.39. The van der Waals surface area contributed by atoms with E-state index in [0.29, 0.717) is 17.2 Å². The first-order chi connectivity index (χ1) is 8.61. The van der Waals surface area contributed by atoms with Crippen LogP contribution < -0.4 is 4.74 Å². The van der Waals surface area contributed by atoms with Gasteiger partial charge in [0.05, 0.1) is 12.7 Å². The van der Waals surface area contributed by atoms with E-state index in [1.165, 1.54) is 0 Å². The second-order valence-corrected chi connectivity index (χ2v) is 5.14. The first-order valence-corrected chi connectivity index (χ1v) is 6.50. The lowest BCUT2D eigenvalue weighted by atomic mass is 9.87. The molecule has 1 unspecified atom stereocenters. The van der Waals surface area contributed by atoms with E-state index in [9.17, 15) is 4.79 Å². The number of rotatable bonds is 3. The zero-order valence-electron chi connectivity index (χ0n) is 11.3. The average molecular weight is 244 g/mol. The lowest BCUT2D eigenvalue weighted by Crippen LogP contribution is -2.11. The summed E-state index contributed by atoms with van der Waals surface area (Å²) in [6, 6.07) is 5.75. The van der Waals surface area contributed by atoms with Crippen molar-refractivity contribution in [2.24, 2.45) is 5.92 Å². The molecule has 0 saturated heterocycles. The molecule has 1 atom stereocenters. The van der Waals surface area contributed by atoms with Crippen LogP contribution in [0.4, 0.5) is 0 Å². The van der Waals surface area contributed by atoms with Crippen molar-refractivity contribution < 1.29 is 9.53 Å². The van der Waals surface area contributed by atoms with Gasteiger partial charge in [-0.25, -0.2) is 0 Å². The van der Waals surface area contributed by atoms with E-state index < -0.39 is 0 Å². The molecular weight excluding hydrogens is 224 g/mol. The molecule has 0 fully saturated rings. The largest absolute Gasteiger partial charge is 0.496 e. The van der Waals surface area contributed by atoms with Gasteiger partial charge in [0.15, 0.2) is 5.78 Å². The molecule has 1 aromatic carbocycles. The van der Waals surface area contributed by atoms with Crippen LogP contribution >= 0.6 is 0 Å². The van der Waals surface area contributed by atoms with E-state index in [2.05, 4.69) is 13.0 Å². The van der Waals surface area contributed by atoms with Crippen molar-refractivity contribution in [1.29, 1.82) is 0 Å². The predicted octanol–water partition coefficient (Wildman–Crippen LogP) is 3.93. The van der Waals surface area contributed by atoms with Crippen molar-refractivity contribution >= 4 is 5.78 Å². The summed E-state index contributed by atoms with van der Waals surface area (Å²) in [5.74, 6) is 1.49. The van der Waals surface area contributed by atoms with Gasteiger partial charge < -0.3 is 4.74 Å². The Morgan fingerprint density at radius 2 is 2.17 bits per heavy atom. The summed E-state index contributed by atoms with van der Waals surface area (Å²) >= 11 is 0. The van der Waals surface area contributed by atoms with E-state index in [-0.39, 0.29) is 5.78 Å². The number of benzene rings is 1. The first-order valence-electron chi connectivity index (χ1n) is 6.50. The zero-order chi connectivity index (χ0) is 13.1. The Bertz CT molecular complexity index is 486. The third-order valence-electron chi connectivity index (χ3n) is 3.56. The molecule has 2 nitrogen and oxygen atoms in total. The van der Waals surface area contributed by atoms with Crippen molar-refractivity contribution in [3.8, 4) is 5.75 Å². The van der Waals surface area contributed by atoms with Gasteiger partial charge in [0.2, 0.25) is 0 Å². The number of allylic oxidation sites excluding steroid dienone is 2. The minimum Gasteiger partial charge on any atom is -0.496 e. The maximum atomic E-state index is 12.5. The fourth-order valence-corrected chi connectivity index (χ4v) is 2.34. The zero-order valence-corrected chi connectivity index (χ0v) is 11.3. The molecule has 0 bridgehead atoms. The minimum absolute atomic E-state index is 0.127. The van der Waals surface area contributed by atoms with Crippen molar-refractivity contribution in [2.75, 3.05) is 7.11 Å². The van der Waals surface area contributed by atoms with Crippen LogP contribution in [0, 0.1) is 12.8 Å². The maximum Gasteiger partial charge on any atom is 0.192 e. The number of hydrogen-bond donors (Lipinski definition) is 0. The van der Waals surface area contributed by atoms with Crippen molar-refractivity contribution in [1.82, 2.24) is 0 Å². The van der Waals surface area contributed by atoms with Crippen LogP contribution in [0.2, 0.25) is 0 Å². The molecule has 0 aliphatic heterocycles. The van der Waals surface area contributed by atoms with E-state index in [4.69, 9.17) is 4.74 Å². The Morgan fingerprint density at radius 3 is 2.78 bits per heavy atom. The van der Waals surface area contributed by atoms with Gasteiger partial charge in [-0.3, -0.25) is 4.79 Å². The maximum absolute atomic E-state index is 12.5. The normalized spacial score (nSPS) is 19.3. The molecule has 96 valence electrons. The van der Waals surface area contributed by atoms with Gasteiger partial charge in [-0.1, -0.05) is 24.6 Å². The van der Waals surface area contributed by atoms with Crippen molar-refractivity contribution in [2.45, 2.75) is 33.1 Å². The minimum atomic E-state index is 0.127. The molecule has 0 aromatic heterocycles. The molecule has 0 spiro atoms.